The molecule has 0 saturated carbocycles. The fourth-order valence-corrected chi connectivity index (χ4v) is 1.37. The Morgan fingerprint density at radius 1 is 1.28 bits per heavy atom. The van der Waals surface area contributed by atoms with E-state index in [0.29, 0.717) is 6.61 Å². The zero-order chi connectivity index (χ0) is 12.9. The Balaban J connectivity index is 0.00000289. The molecule has 0 aliphatic heterocycles. The number of hydrogen-bond donors (Lipinski definition) is 1. The number of alkyl halides is 3. The number of benzene rings is 1. The van der Waals surface area contributed by atoms with E-state index in [9.17, 15) is 13.2 Å². The summed E-state index contributed by atoms with van der Waals surface area (Å²) in [6, 6.07) is 4.01. The molecule has 2 nitrogen and oxygen atoms in total. The van der Waals surface area contributed by atoms with Crippen LogP contribution in [0.25, 0.3) is 0 Å². The third kappa shape index (κ3) is 4.74. The quantitative estimate of drug-likeness (QED) is 0.833. The second-order valence-electron chi connectivity index (χ2n) is 3.76. The molecule has 0 amide bonds. The maximum atomic E-state index is 12.5. The molecule has 1 aromatic carbocycles. The molecule has 1 atom stereocenters. The van der Waals surface area contributed by atoms with Crippen molar-refractivity contribution >= 4 is 12.4 Å². The fourth-order valence-electron chi connectivity index (χ4n) is 1.37. The van der Waals surface area contributed by atoms with Crippen LogP contribution in [0.15, 0.2) is 24.3 Å². The summed E-state index contributed by atoms with van der Waals surface area (Å²) in [5, 5.41) is 0. The van der Waals surface area contributed by atoms with Gasteiger partial charge in [0.2, 0.25) is 0 Å². The van der Waals surface area contributed by atoms with Gasteiger partial charge >= 0.3 is 6.18 Å². The minimum absolute atomic E-state index is 0. The summed E-state index contributed by atoms with van der Waals surface area (Å²) < 4.78 is 42.9. The van der Waals surface area contributed by atoms with Crippen LogP contribution in [0.5, 0.6) is 5.75 Å². The zero-order valence-corrected chi connectivity index (χ0v) is 10.9. The number of halogens is 4. The molecule has 0 saturated heterocycles. The first-order valence-electron chi connectivity index (χ1n) is 5.50. The molecular formula is C12H17ClF3NO. The number of unbranched alkanes of at least 4 members (excludes halogenated alkanes) is 1. The van der Waals surface area contributed by atoms with Crippen LogP contribution in [0, 0.1) is 0 Å². The Morgan fingerprint density at radius 3 is 2.44 bits per heavy atom. The highest BCUT2D eigenvalue weighted by atomic mass is 35.5. The molecule has 0 fully saturated rings. The smallest absolute Gasteiger partial charge is 0.407 e. The Bertz CT molecular complexity index is 357. The third-order valence-electron chi connectivity index (χ3n) is 2.36. The lowest BCUT2D eigenvalue weighted by atomic mass is 10.1. The van der Waals surface area contributed by atoms with Gasteiger partial charge in [-0.3, -0.25) is 0 Å². The number of hydrogen-bond acceptors (Lipinski definition) is 2. The molecule has 0 aliphatic rings. The van der Waals surface area contributed by atoms with Crippen molar-refractivity contribution in [2.24, 2.45) is 5.73 Å². The molecule has 104 valence electrons. The van der Waals surface area contributed by atoms with Crippen LogP contribution in [-0.4, -0.2) is 12.8 Å². The van der Waals surface area contributed by atoms with Gasteiger partial charge in [0, 0.05) is 5.56 Å². The first-order valence-corrected chi connectivity index (χ1v) is 5.50. The second-order valence-corrected chi connectivity index (χ2v) is 3.76. The monoisotopic (exact) mass is 283 g/mol. The maximum absolute atomic E-state index is 12.5. The van der Waals surface area contributed by atoms with Crippen molar-refractivity contribution in [3.05, 3.63) is 29.8 Å². The molecule has 0 unspecified atom stereocenters. The van der Waals surface area contributed by atoms with Crippen LogP contribution >= 0.6 is 12.4 Å². The van der Waals surface area contributed by atoms with Gasteiger partial charge < -0.3 is 10.5 Å². The standard InChI is InChI=1S/C12H16F3NO.ClH/c1-2-3-8-17-10-7-5-4-6-9(10)11(16)12(13,14)15;/h4-7,11H,2-3,8,16H2,1H3;1H/t11-;/m1./s1. The van der Waals surface area contributed by atoms with E-state index in [-0.39, 0.29) is 23.7 Å². The Kier molecular flexibility index (Phi) is 7.09. The minimum atomic E-state index is -4.45. The number of nitrogens with two attached hydrogens (primary N) is 1. The predicted octanol–water partition coefficient (Wildman–Crippen LogP) is 3.85. The molecule has 1 rings (SSSR count). The lowest BCUT2D eigenvalue weighted by Crippen LogP contribution is -2.28. The summed E-state index contributed by atoms with van der Waals surface area (Å²) in [7, 11) is 0. The SMILES string of the molecule is CCCCOc1ccccc1[C@@H](N)C(F)(F)F.Cl. The number of para-hydroxylation sites is 1. The minimum Gasteiger partial charge on any atom is -0.493 e. The van der Waals surface area contributed by atoms with Crippen LogP contribution in [0.2, 0.25) is 0 Å². The molecule has 6 heteroatoms. The van der Waals surface area contributed by atoms with Crippen LogP contribution in [0.1, 0.15) is 31.4 Å². The molecule has 0 bridgehead atoms. The molecule has 0 radical (unpaired) electrons. The van der Waals surface area contributed by atoms with Crippen molar-refractivity contribution in [3.63, 3.8) is 0 Å². The highest BCUT2D eigenvalue weighted by molar-refractivity contribution is 5.85. The molecule has 2 N–H and O–H groups in total. The van der Waals surface area contributed by atoms with Crippen molar-refractivity contribution in [1.82, 2.24) is 0 Å². The van der Waals surface area contributed by atoms with Crippen molar-refractivity contribution in [2.75, 3.05) is 6.61 Å². The van der Waals surface area contributed by atoms with Crippen LogP contribution in [0.4, 0.5) is 13.2 Å². The first kappa shape index (κ1) is 17.1. The molecule has 0 aliphatic carbocycles. The van der Waals surface area contributed by atoms with Gasteiger partial charge in [0.15, 0.2) is 0 Å². The van der Waals surface area contributed by atoms with Crippen molar-refractivity contribution < 1.29 is 17.9 Å². The second kappa shape index (κ2) is 7.48. The summed E-state index contributed by atoms with van der Waals surface area (Å²) in [5.74, 6) is 0.214. The normalized spacial score (nSPS) is 12.7. The molecular weight excluding hydrogens is 267 g/mol. The highest BCUT2D eigenvalue weighted by Gasteiger charge is 2.39. The van der Waals surface area contributed by atoms with Crippen LogP contribution in [0.3, 0.4) is 0 Å². The summed E-state index contributed by atoms with van der Waals surface area (Å²) in [4.78, 5) is 0. The largest absolute Gasteiger partial charge is 0.493 e. The Morgan fingerprint density at radius 2 is 1.89 bits per heavy atom. The molecule has 0 aromatic heterocycles. The van der Waals surface area contributed by atoms with Gasteiger partial charge in [0.1, 0.15) is 11.8 Å². The first-order chi connectivity index (χ1) is 7.96. The molecule has 0 spiro atoms. The van der Waals surface area contributed by atoms with E-state index in [1.54, 1.807) is 6.07 Å². The van der Waals surface area contributed by atoms with Crippen molar-refractivity contribution in [3.8, 4) is 5.75 Å². The van der Waals surface area contributed by atoms with Gasteiger partial charge in [-0.15, -0.1) is 12.4 Å². The summed E-state index contributed by atoms with van der Waals surface area (Å²) in [6.07, 6.45) is -2.73. The van der Waals surface area contributed by atoms with E-state index in [1.807, 2.05) is 6.92 Å². The summed E-state index contributed by atoms with van der Waals surface area (Å²) >= 11 is 0. The number of ether oxygens (including phenoxy) is 1. The fraction of sp³-hybridized carbons (Fsp3) is 0.500. The lowest BCUT2D eigenvalue weighted by Gasteiger charge is -2.19. The predicted molar refractivity (Wildman–Crippen MR) is 67.1 cm³/mol. The Labute approximate surface area is 111 Å². The average molecular weight is 284 g/mol. The average Bonchev–Trinajstić information content (AvgIpc) is 2.28. The van der Waals surface area contributed by atoms with Gasteiger partial charge in [0.25, 0.3) is 0 Å². The third-order valence-corrected chi connectivity index (χ3v) is 2.36. The molecule has 0 heterocycles. The summed E-state index contributed by atoms with van der Waals surface area (Å²) in [5.41, 5.74) is 5.15. The molecule has 18 heavy (non-hydrogen) atoms. The summed E-state index contributed by atoms with van der Waals surface area (Å²) in [6.45, 7) is 2.38. The van der Waals surface area contributed by atoms with E-state index >= 15 is 0 Å². The molecule has 1 aromatic rings. The Hall–Kier alpha value is -0.940. The van der Waals surface area contributed by atoms with Crippen molar-refractivity contribution in [2.45, 2.75) is 32.0 Å². The van der Waals surface area contributed by atoms with Crippen LogP contribution < -0.4 is 10.5 Å². The highest BCUT2D eigenvalue weighted by Crippen LogP contribution is 2.35. The van der Waals surface area contributed by atoms with Gasteiger partial charge in [-0.2, -0.15) is 13.2 Å². The van der Waals surface area contributed by atoms with Crippen molar-refractivity contribution in [1.29, 1.82) is 0 Å². The van der Waals surface area contributed by atoms with E-state index < -0.39 is 12.2 Å². The van der Waals surface area contributed by atoms with Crippen LogP contribution in [-0.2, 0) is 0 Å². The van der Waals surface area contributed by atoms with Gasteiger partial charge in [-0.05, 0) is 12.5 Å². The van der Waals surface area contributed by atoms with Gasteiger partial charge in [0.05, 0.1) is 6.61 Å². The van der Waals surface area contributed by atoms with E-state index in [4.69, 9.17) is 10.5 Å². The lowest BCUT2D eigenvalue weighted by molar-refractivity contribution is -0.149. The van der Waals surface area contributed by atoms with E-state index in [0.717, 1.165) is 12.8 Å². The van der Waals surface area contributed by atoms with Gasteiger partial charge in [-0.25, -0.2) is 0 Å². The van der Waals surface area contributed by atoms with Gasteiger partial charge in [-0.1, -0.05) is 31.5 Å². The maximum Gasteiger partial charge on any atom is 0.407 e. The van der Waals surface area contributed by atoms with E-state index in [1.165, 1.54) is 18.2 Å². The topological polar surface area (TPSA) is 35.2 Å². The zero-order valence-electron chi connectivity index (χ0n) is 10.0. The number of rotatable bonds is 5. The van der Waals surface area contributed by atoms with E-state index in [2.05, 4.69) is 0 Å².